The summed E-state index contributed by atoms with van der Waals surface area (Å²) in [6.45, 7) is 1.95. The molecular formula is C13H18ClF3N2O. The average molecular weight is 311 g/mol. The number of halogens is 4. The zero-order valence-electron chi connectivity index (χ0n) is 11.0. The Morgan fingerprint density at radius 2 is 1.85 bits per heavy atom. The van der Waals surface area contributed by atoms with Crippen molar-refractivity contribution in [1.82, 2.24) is 0 Å². The molecule has 1 amide bonds. The molecule has 0 heterocycles. The number of carbonyl (C=O) groups is 1. The maximum absolute atomic E-state index is 12.1. The number of nitrogens with two attached hydrogens (primary N) is 1. The van der Waals surface area contributed by atoms with E-state index in [-0.39, 0.29) is 37.2 Å². The van der Waals surface area contributed by atoms with Crippen molar-refractivity contribution in [2.45, 2.75) is 25.9 Å². The van der Waals surface area contributed by atoms with Crippen LogP contribution in [0.4, 0.5) is 18.9 Å². The van der Waals surface area contributed by atoms with E-state index in [0.717, 1.165) is 0 Å². The Hall–Kier alpha value is -1.27. The van der Waals surface area contributed by atoms with Crippen LogP contribution in [0.5, 0.6) is 0 Å². The zero-order valence-corrected chi connectivity index (χ0v) is 11.9. The molecule has 0 bridgehead atoms. The largest absolute Gasteiger partial charge is 0.389 e. The van der Waals surface area contributed by atoms with E-state index >= 15 is 0 Å². The van der Waals surface area contributed by atoms with Crippen LogP contribution in [0.2, 0.25) is 0 Å². The fourth-order valence-corrected chi connectivity index (χ4v) is 1.41. The van der Waals surface area contributed by atoms with Crippen LogP contribution in [-0.2, 0) is 11.2 Å². The van der Waals surface area contributed by atoms with Crippen LogP contribution < -0.4 is 11.1 Å². The maximum atomic E-state index is 12.1. The van der Waals surface area contributed by atoms with Crippen LogP contribution in [0.25, 0.3) is 0 Å². The highest BCUT2D eigenvalue weighted by Crippen LogP contribution is 2.22. The van der Waals surface area contributed by atoms with E-state index in [0.29, 0.717) is 11.3 Å². The number of carbonyl (C=O) groups excluding carboxylic acids is 1. The van der Waals surface area contributed by atoms with Crippen molar-refractivity contribution < 1.29 is 18.0 Å². The summed E-state index contributed by atoms with van der Waals surface area (Å²) in [5.74, 6) is -0.504. The van der Waals surface area contributed by atoms with E-state index in [1.165, 1.54) is 0 Å². The highest BCUT2D eigenvalue weighted by Gasteiger charge is 2.26. The topological polar surface area (TPSA) is 55.1 Å². The van der Waals surface area contributed by atoms with Crippen LogP contribution in [0.1, 0.15) is 18.9 Å². The second-order valence-electron chi connectivity index (χ2n) is 4.44. The molecule has 0 saturated heterocycles. The van der Waals surface area contributed by atoms with Gasteiger partial charge in [0, 0.05) is 24.6 Å². The number of alkyl halides is 3. The number of hydrogen-bond acceptors (Lipinski definition) is 2. The molecule has 0 spiro atoms. The van der Waals surface area contributed by atoms with E-state index < -0.39 is 12.6 Å². The minimum absolute atomic E-state index is 0. The van der Waals surface area contributed by atoms with Gasteiger partial charge in [-0.15, -0.1) is 12.4 Å². The molecule has 0 aliphatic heterocycles. The molecule has 3 N–H and O–H groups in total. The second kappa shape index (κ2) is 8.11. The van der Waals surface area contributed by atoms with E-state index in [4.69, 9.17) is 5.73 Å². The molecule has 1 unspecified atom stereocenters. The van der Waals surface area contributed by atoms with Crippen molar-refractivity contribution in [1.29, 1.82) is 0 Å². The van der Waals surface area contributed by atoms with Crippen molar-refractivity contribution in [3.8, 4) is 0 Å². The average Bonchev–Trinajstić information content (AvgIpc) is 2.36. The summed E-state index contributed by atoms with van der Waals surface area (Å²) in [4.78, 5) is 11.5. The second-order valence-corrected chi connectivity index (χ2v) is 4.44. The predicted molar refractivity (Wildman–Crippen MR) is 74.9 cm³/mol. The van der Waals surface area contributed by atoms with Crippen molar-refractivity contribution in [3.63, 3.8) is 0 Å². The van der Waals surface area contributed by atoms with Crippen LogP contribution in [0.3, 0.4) is 0 Å². The van der Waals surface area contributed by atoms with Gasteiger partial charge in [-0.05, 0) is 24.1 Å². The fraction of sp³-hybridized carbons (Fsp3) is 0.462. The van der Waals surface area contributed by atoms with Gasteiger partial charge in [0.05, 0.1) is 0 Å². The van der Waals surface area contributed by atoms with Gasteiger partial charge in [0.25, 0.3) is 0 Å². The highest BCUT2D eigenvalue weighted by atomic mass is 35.5. The molecule has 0 aliphatic rings. The van der Waals surface area contributed by atoms with Crippen LogP contribution >= 0.6 is 12.4 Å². The first-order valence-corrected chi connectivity index (χ1v) is 5.98. The molecule has 7 heteroatoms. The Bertz CT molecular complexity index is 421. The summed E-state index contributed by atoms with van der Waals surface area (Å²) in [7, 11) is 0. The number of benzene rings is 1. The van der Waals surface area contributed by atoms with Crippen LogP contribution in [0, 0.1) is 5.92 Å². The lowest BCUT2D eigenvalue weighted by molar-refractivity contribution is -0.134. The fourth-order valence-electron chi connectivity index (χ4n) is 1.41. The molecule has 0 fully saturated rings. The number of anilines is 1. The number of rotatable bonds is 5. The molecule has 20 heavy (non-hydrogen) atoms. The monoisotopic (exact) mass is 310 g/mol. The standard InChI is InChI=1S/C13H17F3N2O.ClH/c1-9(8-17)12(19)18-11-4-2-10(3-5-11)6-7-13(14,15)16;/h2-5,9H,6-8,17H2,1H3,(H,18,19);1H. The summed E-state index contributed by atoms with van der Waals surface area (Å²) >= 11 is 0. The third-order valence-corrected chi connectivity index (χ3v) is 2.72. The molecule has 1 aromatic rings. The minimum Gasteiger partial charge on any atom is -0.330 e. The maximum Gasteiger partial charge on any atom is 0.389 e. The van der Waals surface area contributed by atoms with Gasteiger partial charge in [-0.3, -0.25) is 4.79 Å². The van der Waals surface area contributed by atoms with Gasteiger partial charge in [-0.2, -0.15) is 13.2 Å². The lowest BCUT2D eigenvalue weighted by Crippen LogP contribution is -2.26. The number of hydrogen-bond donors (Lipinski definition) is 2. The van der Waals surface area contributed by atoms with Gasteiger partial charge in [-0.1, -0.05) is 19.1 Å². The summed E-state index contributed by atoms with van der Waals surface area (Å²) in [6, 6.07) is 6.34. The molecule has 1 aromatic carbocycles. The number of aryl methyl sites for hydroxylation is 1. The van der Waals surface area contributed by atoms with Crippen LogP contribution in [0.15, 0.2) is 24.3 Å². The predicted octanol–water partition coefficient (Wildman–Crippen LogP) is 3.14. The first kappa shape index (κ1) is 18.7. The van der Waals surface area contributed by atoms with E-state index in [1.807, 2.05) is 0 Å². The SMILES string of the molecule is CC(CN)C(=O)Nc1ccc(CCC(F)(F)F)cc1.Cl. The van der Waals surface area contributed by atoms with Crippen molar-refractivity contribution in [2.75, 3.05) is 11.9 Å². The summed E-state index contributed by atoms with van der Waals surface area (Å²) < 4.78 is 36.2. The zero-order chi connectivity index (χ0) is 14.5. The number of amides is 1. The van der Waals surface area contributed by atoms with Gasteiger partial charge in [0.1, 0.15) is 0 Å². The number of nitrogens with one attached hydrogen (secondary N) is 1. The molecule has 3 nitrogen and oxygen atoms in total. The smallest absolute Gasteiger partial charge is 0.330 e. The summed E-state index contributed by atoms with van der Waals surface area (Å²) in [5.41, 5.74) is 6.51. The molecule has 0 aliphatic carbocycles. The minimum atomic E-state index is -4.15. The Kier molecular flexibility index (Phi) is 7.60. The Morgan fingerprint density at radius 1 is 1.30 bits per heavy atom. The molecular weight excluding hydrogens is 293 g/mol. The summed E-state index contributed by atoms with van der Waals surface area (Å²) in [5, 5.41) is 2.65. The molecule has 0 radical (unpaired) electrons. The molecule has 0 saturated carbocycles. The first-order chi connectivity index (χ1) is 8.81. The van der Waals surface area contributed by atoms with Gasteiger partial charge in [0.2, 0.25) is 5.91 Å². The molecule has 0 aromatic heterocycles. The Balaban J connectivity index is 0.00000361. The molecule has 114 valence electrons. The normalized spacial score (nSPS) is 12.4. The highest BCUT2D eigenvalue weighted by molar-refractivity contribution is 5.92. The molecule has 1 atom stereocenters. The lowest BCUT2D eigenvalue weighted by Gasteiger charge is -2.10. The van der Waals surface area contributed by atoms with E-state index in [9.17, 15) is 18.0 Å². The van der Waals surface area contributed by atoms with Gasteiger partial charge in [0.15, 0.2) is 0 Å². The van der Waals surface area contributed by atoms with Crippen LogP contribution in [-0.4, -0.2) is 18.6 Å². The quantitative estimate of drug-likeness (QED) is 0.878. The van der Waals surface area contributed by atoms with E-state index in [1.54, 1.807) is 31.2 Å². The van der Waals surface area contributed by atoms with Crippen molar-refractivity contribution in [2.24, 2.45) is 11.7 Å². The third-order valence-electron chi connectivity index (χ3n) is 2.72. The van der Waals surface area contributed by atoms with E-state index in [2.05, 4.69) is 5.32 Å². The molecule has 1 rings (SSSR count). The van der Waals surface area contributed by atoms with Crippen molar-refractivity contribution >= 4 is 24.0 Å². The third kappa shape index (κ3) is 6.77. The van der Waals surface area contributed by atoms with Gasteiger partial charge in [-0.25, -0.2) is 0 Å². The van der Waals surface area contributed by atoms with Crippen molar-refractivity contribution in [3.05, 3.63) is 29.8 Å². The Labute approximate surface area is 122 Å². The van der Waals surface area contributed by atoms with Gasteiger partial charge < -0.3 is 11.1 Å². The Morgan fingerprint density at radius 3 is 2.30 bits per heavy atom. The summed E-state index contributed by atoms with van der Waals surface area (Å²) in [6.07, 6.45) is -5.05. The van der Waals surface area contributed by atoms with Gasteiger partial charge >= 0.3 is 6.18 Å². The lowest BCUT2D eigenvalue weighted by atomic mass is 10.1. The first-order valence-electron chi connectivity index (χ1n) is 5.98.